The van der Waals surface area contributed by atoms with Crippen LogP contribution in [0.5, 0.6) is 0 Å². The topological polar surface area (TPSA) is 63.4 Å². The van der Waals surface area contributed by atoms with Crippen molar-refractivity contribution in [2.75, 3.05) is 11.4 Å². The summed E-state index contributed by atoms with van der Waals surface area (Å²) in [5, 5.41) is 0. The Bertz CT molecular complexity index is 682. The minimum Gasteiger partial charge on any atom is -0.368 e. The summed E-state index contributed by atoms with van der Waals surface area (Å²) in [6.07, 6.45) is 2.88. The zero-order valence-corrected chi connectivity index (χ0v) is 11.8. The number of halogens is 1. The molecule has 2 amide bonds. The molecule has 0 aliphatic carbocycles. The third-order valence-corrected chi connectivity index (χ3v) is 2.94. The second-order valence-electron chi connectivity index (χ2n) is 4.61. The van der Waals surface area contributed by atoms with Crippen LogP contribution in [0.3, 0.4) is 0 Å². The maximum absolute atomic E-state index is 12.8. The van der Waals surface area contributed by atoms with E-state index in [0.717, 1.165) is 0 Å². The molecule has 0 spiro atoms. The normalized spacial score (nSPS) is 10.6. The van der Waals surface area contributed by atoms with E-state index in [2.05, 4.69) is 0 Å². The molecule has 0 aliphatic heterocycles. The minimum absolute atomic E-state index is 0.212. The average Bonchev–Trinajstić information content (AvgIpc) is 2.52. The SMILES string of the molecule is NC(=O)CN(C(=O)C=Cc1ccc(F)cc1)c1ccccc1. The number of anilines is 1. The second kappa shape index (κ2) is 7.17. The molecule has 112 valence electrons. The zero-order valence-electron chi connectivity index (χ0n) is 11.8. The predicted molar refractivity (Wildman–Crippen MR) is 83.4 cm³/mol. The smallest absolute Gasteiger partial charge is 0.251 e. The third-order valence-electron chi connectivity index (χ3n) is 2.94. The lowest BCUT2D eigenvalue weighted by molar-refractivity contribution is -0.120. The van der Waals surface area contributed by atoms with E-state index in [1.54, 1.807) is 42.5 Å². The van der Waals surface area contributed by atoms with Crippen LogP contribution in [0.15, 0.2) is 60.7 Å². The van der Waals surface area contributed by atoms with Gasteiger partial charge in [0.25, 0.3) is 5.91 Å². The van der Waals surface area contributed by atoms with Crippen LogP contribution >= 0.6 is 0 Å². The molecule has 0 atom stereocenters. The molecule has 0 aliphatic rings. The van der Waals surface area contributed by atoms with Crippen LogP contribution in [-0.4, -0.2) is 18.4 Å². The van der Waals surface area contributed by atoms with Crippen LogP contribution in [0, 0.1) is 5.82 Å². The van der Waals surface area contributed by atoms with Crippen LogP contribution in [-0.2, 0) is 9.59 Å². The van der Waals surface area contributed by atoms with Crippen molar-refractivity contribution in [1.29, 1.82) is 0 Å². The van der Waals surface area contributed by atoms with Gasteiger partial charge >= 0.3 is 0 Å². The fraction of sp³-hybridized carbons (Fsp3) is 0.0588. The Labute approximate surface area is 127 Å². The van der Waals surface area contributed by atoms with E-state index in [1.807, 2.05) is 6.07 Å². The first-order valence-corrected chi connectivity index (χ1v) is 6.65. The van der Waals surface area contributed by atoms with Crippen molar-refractivity contribution < 1.29 is 14.0 Å². The van der Waals surface area contributed by atoms with Crippen LogP contribution in [0.1, 0.15) is 5.56 Å². The molecule has 2 N–H and O–H groups in total. The summed E-state index contributed by atoms with van der Waals surface area (Å²) >= 11 is 0. The van der Waals surface area contributed by atoms with Crippen LogP contribution in [0.4, 0.5) is 10.1 Å². The fourth-order valence-corrected chi connectivity index (χ4v) is 1.89. The highest BCUT2D eigenvalue weighted by Crippen LogP contribution is 2.14. The Morgan fingerprint density at radius 1 is 1.05 bits per heavy atom. The molecular weight excluding hydrogens is 283 g/mol. The highest BCUT2D eigenvalue weighted by atomic mass is 19.1. The maximum Gasteiger partial charge on any atom is 0.251 e. The monoisotopic (exact) mass is 298 g/mol. The Balaban J connectivity index is 2.18. The van der Waals surface area contributed by atoms with Gasteiger partial charge in [0.2, 0.25) is 5.91 Å². The second-order valence-corrected chi connectivity index (χ2v) is 4.61. The minimum atomic E-state index is -0.604. The molecule has 0 aromatic heterocycles. The van der Waals surface area contributed by atoms with E-state index < -0.39 is 5.91 Å². The first-order chi connectivity index (χ1) is 10.6. The summed E-state index contributed by atoms with van der Waals surface area (Å²) in [4.78, 5) is 24.7. The number of rotatable bonds is 5. The first kappa shape index (κ1) is 15.4. The van der Waals surface area contributed by atoms with Gasteiger partial charge in [0, 0.05) is 11.8 Å². The molecule has 0 bridgehead atoms. The van der Waals surface area contributed by atoms with Gasteiger partial charge in [0.15, 0.2) is 0 Å². The number of nitrogens with zero attached hydrogens (tertiary/aromatic N) is 1. The van der Waals surface area contributed by atoms with Gasteiger partial charge in [0.1, 0.15) is 12.4 Å². The van der Waals surface area contributed by atoms with Gasteiger partial charge in [-0.2, -0.15) is 0 Å². The molecule has 0 heterocycles. The van der Waals surface area contributed by atoms with Gasteiger partial charge in [-0.15, -0.1) is 0 Å². The van der Waals surface area contributed by atoms with Crippen molar-refractivity contribution in [3.05, 3.63) is 72.1 Å². The number of benzene rings is 2. The van der Waals surface area contributed by atoms with E-state index in [1.165, 1.54) is 23.1 Å². The van der Waals surface area contributed by atoms with Gasteiger partial charge in [-0.1, -0.05) is 30.3 Å². The standard InChI is InChI=1S/C17H15FN2O2/c18-14-9-6-13(7-10-14)8-11-17(22)20(12-16(19)21)15-4-2-1-3-5-15/h1-11H,12H2,(H2,19,21). The maximum atomic E-state index is 12.8. The number of amides is 2. The Morgan fingerprint density at radius 3 is 2.27 bits per heavy atom. The summed E-state index contributed by atoms with van der Waals surface area (Å²) in [7, 11) is 0. The summed E-state index contributed by atoms with van der Waals surface area (Å²) < 4.78 is 12.8. The first-order valence-electron chi connectivity index (χ1n) is 6.65. The lowest BCUT2D eigenvalue weighted by atomic mass is 10.2. The molecule has 0 saturated heterocycles. The van der Waals surface area contributed by atoms with E-state index in [4.69, 9.17) is 5.73 Å². The van der Waals surface area contributed by atoms with Gasteiger partial charge in [-0.05, 0) is 35.9 Å². The van der Waals surface area contributed by atoms with Crippen molar-refractivity contribution in [1.82, 2.24) is 0 Å². The number of carbonyl (C=O) groups is 2. The highest BCUT2D eigenvalue weighted by Gasteiger charge is 2.15. The van der Waals surface area contributed by atoms with Crippen molar-refractivity contribution in [3.63, 3.8) is 0 Å². The number of primary amides is 1. The Hall–Kier alpha value is -2.95. The molecular formula is C17H15FN2O2. The fourth-order valence-electron chi connectivity index (χ4n) is 1.89. The van der Waals surface area contributed by atoms with Crippen LogP contribution in [0.2, 0.25) is 0 Å². The van der Waals surface area contributed by atoms with E-state index in [0.29, 0.717) is 11.3 Å². The molecule has 4 nitrogen and oxygen atoms in total. The summed E-state index contributed by atoms with van der Waals surface area (Å²) in [5.74, 6) is -1.33. The van der Waals surface area contributed by atoms with Gasteiger partial charge < -0.3 is 5.73 Å². The summed E-state index contributed by atoms with van der Waals surface area (Å²) in [6.45, 7) is -0.212. The van der Waals surface area contributed by atoms with E-state index in [9.17, 15) is 14.0 Å². The quantitative estimate of drug-likeness (QED) is 0.861. The summed E-state index contributed by atoms with van der Waals surface area (Å²) in [6, 6.07) is 14.5. The zero-order chi connectivity index (χ0) is 15.9. The van der Waals surface area contributed by atoms with Crippen molar-refractivity contribution in [3.8, 4) is 0 Å². The molecule has 0 fully saturated rings. The van der Waals surface area contributed by atoms with Gasteiger partial charge in [-0.25, -0.2) is 4.39 Å². The highest BCUT2D eigenvalue weighted by molar-refractivity contribution is 6.06. The Morgan fingerprint density at radius 2 is 1.68 bits per heavy atom. The molecule has 0 unspecified atom stereocenters. The van der Waals surface area contributed by atoms with Crippen molar-refractivity contribution in [2.24, 2.45) is 5.73 Å². The lowest BCUT2D eigenvalue weighted by Gasteiger charge is -2.19. The number of nitrogens with two attached hydrogens (primary N) is 1. The van der Waals surface area contributed by atoms with Crippen molar-refractivity contribution >= 4 is 23.6 Å². The van der Waals surface area contributed by atoms with Gasteiger partial charge in [0.05, 0.1) is 0 Å². The van der Waals surface area contributed by atoms with Crippen molar-refractivity contribution in [2.45, 2.75) is 0 Å². The lowest BCUT2D eigenvalue weighted by Crippen LogP contribution is -2.37. The molecule has 22 heavy (non-hydrogen) atoms. The molecule has 2 aromatic carbocycles. The number of carbonyl (C=O) groups excluding carboxylic acids is 2. The largest absolute Gasteiger partial charge is 0.368 e. The average molecular weight is 298 g/mol. The molecule has 0 radical (unpaired) electrons. The predicted octanol–water partition coefficient (Wildman–Crippen LogP) is 2.36. The number of para-hydroxylation sites is 1. The molecule has 5 heteroatoms. The number of hydrogen-bond acceptors (Lipinski definition) is 2. The molecule has 2 aromatic rings. The Kier molecular flexibility index (Phi) is 5.03. The molecule has 0 saturated carbocycles. The third kappa shape index (κ3) is 4.28. The molecule has 2 rings (SSSR count). The van der Waals surface area contributed by atoms with Crippen LogP contribution < -0.4 is 10.6 Å². The number of hydrogen-bond donors (Lipinski definition) is 1. The van der Waals surface area contributed by atoms with Gasteiger partial charge in [-0.3, -0.25) is 14.5 Å². The summed E-state index contributed by atoms with van der Waals surface area (Å²) in [5.41, 5.74) is 6.45. The van der Waals surface area contributed by atoms with E-state index in [-0.39, 0.29) is 18.3 Å². The van der Waals surface area contributed by atoms with E-state index >= 15 is 0 Å². The van der Waals surface area contributed by atoms with Crippen LogP contribution in [0.25, 0.3) is 6.08 Å².